The second-order valence-electron chi connectivity index (χ2n) is 2.95. The van der Waals surface area contributed by atoms with Crippen molar-refractivity contribution in [1.82, 2.24) is 8.83 Å². The van der Waals surface area contributed by atoms with E-state index in [1.807, 2.05) is 0 Å². The predicted molar refractivity (Wildman–Crippen MR) is 44.2 cm³/mol. The van der Waals surface area contributed by atoms with Crippen molar-refractivity contribution in [2.24, 2.45) is 0 Å². The number of nitrogens with zero attached hydrogens (tertiary/aromatic N) is 2. The monoisotopic (exact) mass is 202 g/mol. The van der Waals surface area contributed by atoms with Crippen molar-refractivity contribution in [3.8, 4) is 0 Å². The summed E-state index contributed by atoms with van der Waals surface area (Å²) < 4.78 is 2.06. The summed E-state index contributed by atoms with van der Waals surface area (Å²) in [5.74, 6) is 0. The third-order valence-corrected chi connectivity index (χ3v) is 2.97. The third-order valence-electron chi connectivity index (χ3n) is 2.14. The average Bonchev–Trinajstić information content (AvgIpc) is 2.67. The molecule has 1 atom stereocenters. The zero-order valence-electron chi connectivity index (χ0n) is 6.00. The minimum atomic E-state index is 0.507. The Morgan fingerprint density at radius 2 is 2.10 bits per heavy atom. The zero-order chi connectivity index (χ0) is 7.14. The first-order valence-corrected chi connectivity index (χ1v) is 4.40. The summed E-state index contributed by atoms with van der Waals surface area (Å²) in [6.45, 7) is 2.20. The van der Waals surface area contributed by atoms with Crippen molar-refractivity contribution in [2.75, 3.05) is 0 Å². The van der Waals surface area contributed by atoms with E-state index in [0.717, 1.165) is 6.04 Å². The maximum Gasteiger partial charge on any atom is 0.109 e. The molecule has 0 bridgehead atoms. The van der Waals surface area contributed by atoms with Crippen molar-refractivity contribution in [3.63, 3.8) is 0 Å². The maximum absolute atomic E-state index is 3.44. The van der Waals surface area contributed by atoms with Crippen LogP contribution in [0.15, 0.2) is 12.4 Å². The molecule has 1 aliphatic heterocycles. The van der Waals surface area contributed by atoms with Gasteiger partial charge in [0.25, 0.3) is 0 Å². The molecule has 0 aromatic rings. The Labute approximate surface area is 69.8 Å². The predicted octanol–water partition coefficient (Wildman–Crippen LogP) is 1.89. The normalized spacial score (nSPS) is 32.0. The molecule has 3 heteroatoms. The van der Waals surface area contributed by atoms with E-state index in [2.05, 4.69) is 44.3 Å². The fraction of sp³-hybridized carbons (Fsp3) is 0.714. The molecule has 1 saturated carbocycles. The van der Waals surface area contributed by atoms with Crippen LogP contribution in [0.4, 0.5) is 0 Å². The lowest BCUT2D eigenvalue weighted by molar-refractivity contribution is 0.240. The van der Waals surface area contributed by atoms with E-state index in [1.54, 1.807) is 0 Å². The molecule has 2 nitrogen and oxygen atoms in total. The number of hydrogen-bond acceptors (Lipinski definition) is 2. The standard InChI is InChI=1S/C7H11BrN2/c1-6-9(7-2-3-7)4-5-10(6)8/h4-7H,2-3H2,1H3. The molecular weight excluding hydrogens is 192 g/mol. The number of halogens is 1. The van der Waals surface area contributed by atoms with Crippen molar-refractivity contribution in [1.29, 1.82) is 0 Å². The highest BCUT2D eigenvalue weighted by molar-refractivity contribution is 9.07. The van der Waals surface area contributed by atoms with E-state index in [1.165, 1.54) is 12.8 Å². The highest BCUT2D eigenvalue weighted by Crippen LogP contribution is 2.33. The van der Waals surface area contributed by atoms with Crippen LogP contribution in [0.2, 0.25) is 0 Å². The molecule has 56 valence electrons. The van der Waals surface area contributed by atoms with Crippen LogP contribution in [-0.4, -0.2) is 21.0 Å². The minimum absolute atomic E-state index is 0.507. The van der Waals surface area contributed by atoms with E-state index in [0.29, 0.717) is 6.17 Å². The Kier molecular flexibility index (Phi) is 1.41. The van der Waals surface area contributed by atoms with Gasteiger partial charge in [-0.25, -0.2) is 0 Å². The first-order valence-electron chi connectivity index (χ1n) is 3.69. The average molecular weight is 203 g/mol. The van der Waals surface area contributed by atoms with Gasteiger partial charge < -0.3 is 4.90 Å². The van der Waals surface area contributed by atoms with Crippen LogP contribution in [0.1, 0.15) is 19.8 Å². The van der Waals surface area contributed by atoms with Gasteiger partial charge in [-0.1, -0.05) is 0 Å². The highest BCUT2D eigenvalue weighted by Gasteiger charge is 2.33. The molecule has 0 N–H and O–H groups in total. The van der Waals surface area contributed by atoms with E-state index in [-0.39, 0.29) is 0 Å². The Balaban J connectivity index is 2.03. The van der Waals surface area contributed by atoms with Gasteiger partial charge in [-0.3, -0.25) is 3.93 Å². The molecule has 1 fully saturated rings. The SMILES string of the molecule is CC1N(Br)C=CN1C1CC1. The second-order valence-corrected chi connectivity index (χ2v) is 3.77. The van der Waals surface area contributed by atoms with Gasteiger partial charge in [-0.15, -0.1) is 0 Å². The molecule has 1 aliphatic carbocycles. The van der Waals surface area contributed by atoms with Crippen molar-refractivity contribution >= 4 is 16.1 Å². The summed E-state index contributed by atoms with van der Waals surface area (Å²) in [4.78, 5) is 2.40. The lowest BCUT2D eigenvalue weighted by atomic mass is 10.5. The Bertz CT molecular complexity index is 165. The van der Waals surface area contributed by atoms with Gasteiger partial charge in [0, 0.05) is 18.4 Å². The summed E-state index contributed by atoms with van der Waals surface area (Å²) >= 11 is 3.44. The van der Waals surface area contributed by atoms with Gasteiger partial charge in [-0.05, 0) is 19.8 Å². The fourth-order valence-corrected chi connectivity index (χ4v) is 1.63. The fourth-order valence-electron chi connectivity index (χ4n) is 1.32. The van der Waals surface area contributed by atoms with Crippen LogP contribution in [0.5, 0.6) is 0 Å². The molecule has 0 saturated heterocycles. The summed E-state index contributed by atoms with van der Waals surface area (Å²) in [5.41, 5.74) is 0. The molecule has 2 rings (SSSR count). The lowest BCUT2D eigenvalue weighted by Crippen LogP contribution is -2.32. The van der Waals surface area contributed by atoms with Gasteiger partial charge >= 0.3 is 0 Å². The largest absolute Gasteiger partial charge is 0.352 e. The van der Waals surface area contributed by atoms with Crippen LogP contribution in [0.3, 0.4) is 0 Å². The van der Waals surface area contributed by atoms with E-state index in [4.69, 9.17) is 0 Å². The molecular formula is C7H11BrN2. The summed E-state index contributed by atoms with van der Waals surface area (Å²) in [6, 6.07) is 0.828. The smallest absolute Gasteiger partial charge is 0.109 e. The summed E-state index contributed by atoms with van der Waals surface area (Å²) in [5, 5.41) is 0. The summed E-state index contributed by atoms with van der Waals surface area (Å²) in [6.07, 6.45) is 7.48. The van der Waals surface area contributed by atoms with E-state index >= 15 is 0 Å². The van der Waals surface area contributed by atoms with Crippen LogP contribution in [0.25, 0.3) is 0 Å². The van der Waals surface area contributed by atoms with Crippen LogP contribution >= 0.6 is 16.1 Å². The second kappa shape index (κ2) is 2.16. The van der Waals surface area contributed by atoms with Gasteiger partial charge in [0.2, 0.25) is 0 Å². The Morgan fingerprint density at radius 3 is 2.50 bits per heavy atom. The molecule has 0 spiro atoms. The van der Waals surface area contributed by atoms with Crippen LogP contribution < -0.4 is 0 Å². The van der Waals surface area contributed by atoms with Gasteiger partial charge in [0.05, 0.1) is 16.1 Å². The number of hydrogen-bond donors (Lipinski definition) is 0. The third kappa shape index (κ3) is 0.926. The Morgan fingerprint density at radius 1 is 1.40 bits per heavy atom. The van der Waals surface area contributed by atoms with Crippen molar-refractivity contribution in [2.45, 2.75) is 32.0 Å². The first kappa shape index (κ1) is 6.53. The maximum atomic E-state index is 3.44. The van der Waals surface area contributed by atoms with E-state index in [9.17, 15) is 0 Å². The quantitative estimate of drug-likeness (QED) is 0.600. The van der Waals surface area contributed by atoms with Crippen molar-refractivity contribution < 1.29 is 0 Å². The molecule has 0 aromatic carbocycles. The molecule has 0 radical (unpaired) electrons. The lowest BCUT2D eigenvalue weighted by Gasteiger charge is -2.24. The number of rotatable bonds is 1. The molecule has 2 aliphatic rings. The molecule has 1 unspecified atom stereocenters. The Hall–Kier alpha value is -0.180. The van der Waals surface area contributed by atoms with Gasteiger partial charge in [0.15, 0.2) is 0 Å². The van der Waals surface area contributed by atoms with Crippen molar-refractivity contribution in [3.05, 3.63) is 12.4 Å². The van der Waals surface area contributed by atoms with Crippen LogP contribution in [-0.2, 0) is 0 Å². The first-order chi connectivity index (χ1) is 4.79. The van der Waals surface area contributed by atoms with E-state index < -0.39 is 0 Å². The molecule has 10 heavy (non-hydrogen) atoms. The zero-order valence-corrected chi connectivity index (χ0v) is 7.58. The van der Waals surface area contributed by atoms with Gasteiger partial charge in [-0.2, -0.15) is 0 Å². The molecule has 0 amide bonds. The molecule has 0 aromatic heterocycles. The minimum Gasteiger partial charge on any atom is -0.352 e. The molecule has 1 heterocycles. The summed E-state index contributed by atoms with van der Waals surface area (Å²) in [7, 11) is 0. The van der Waals surface area contributed by atoms with Crippen LogP contribution in [0, 0.1) is 0 Å². The highest BCUT2D eigenvalue weighted by atomic mass is 79.9. The van der Waals surface area contributed by atoms with Gasteiger partial charge in [0.1, 0.15) is 6.17 Å². The topological polar surface area (TPSA) is 6.48 Å².